The van der Waals surface area contributed by atoms with Gasteiger partial charge in [0, 0.05) is 13.7 Å². The number of aromatic nitrogens is 2. The van der Waals surface area contributed by atoms with Crippen LogP contribution < -0.4 is 5.32 Å². The Hall–Kier alpha value is -0.680. The van der Waals surface area contributed by atoms with Crippen LogP contribution in [0.2, 0.25) is 0 Å². The Labute approximate surface area is 136 Å². The SMILES string of the molecule is CCNc1nc(C(OC)C2CCCCC2)nc(CC)c1Br. The van der Waals surface area contributed by atoms with Crippen LogP contribution in [0.15, 0.2) is 4.47 Å². The molecule has 21 heavy (non-hydrogen) atoms. The van der Waals surface area contributed by atoms with Crippen molar-refractivity contribution in [1.29, 1.82) is 0 Å². The number of ether oxygens (including phenoxy) is 1. The summed E-state index contributed by atoms with van der Waals surface area (Å²) in [4.78, 5) is 9.48. The van der Waals surface area contributed by atoms with Crippen molar-refractivity contribution in [1.82, 2.24) is 9.97 Å². The predicted molar refractivity (Wildman–Crippen MR) is 89.6 cm³/mol. The molecule has 0 amide bonds. The Bertz CT molecular complexity index is 461. The number of hydrogen-bond donors (Lipinski definition) is 1. The van der Waals surface area contributed by atoms with E-state index in [0.717, 1.165) is 34.8 Å². The number of methoxy groups -OCH3 is 1. The summed E-state index contributed by atoms with van der Waals surface area (Å²) in [5, 5.41) is 3.32. The highest BCUT2D eigenvalue weighted by atomic mass is 79.9. The maximum atomic E-state index is 5.78. The van der Waals surface area contributed by atoms with Gasteiger partial charge in [0.2, 0.25) is 0 Å². The van der Waals surface area contributed by atoms with Crippen LogP contribution >= 0.6 is 15.9 Å². The molecule has 1 heterocycles. The molecule has 0 radical (unpaired) electrons. The number of nitrogens with one attached hydrogen (secondary N) is 1. The summed E-state index contributed by atoms with van der Waals surface area (Å²) in [6.45, 7) is 5.04. The molecule has 1 aromatic heterocycles. The lowest BCUT2D eigenvalue weighted by Gasteiger charge is -2.28. The smallest absolute Gasteiger partial charge is 0.160 e. The van der Waals surface area contributed by atoms with Gasteiger partial charge < -0.3 is 10.1 Å². The van der Waals surface area contributed by atoms with Gasteiger partial charge in [0.1, 0.15) is 11.9 Å². The lowest BCUT2D eigenvalue weighted by atomic mass is 9.85. The molecular formula is C16H26BrN3O. The number of aryl methyl sites for hydroxylation is 1. The molecule has 1 fully saturated rings. The quantitative estimate of drug-likeness (QED) is 0.815. The van der Waals surface area contributed by atoms with Crippen LogP contribution in [-0.2, 0) is 11.2 Å². The Morgan fingerprint density at radius 1 is 1.24 bits per heavy atom. The molecule has 4 nitrogen and oxygen atoms in total. The Morgan fingerprint density at radius 2 is 1.95 bits per heavy atom. The van der Waals surface area contributed by atoms with E-state index >= 15 is 0 Å². The van der Waals surface area contributed by atoms with Gasteiger partial charge in [0.15, 0.2) is 5.82 Å². The zero-order chi connectivity index (χ0) is 15.2. The third kappa shape index (κ3) is 3.95. The number of halogens is 1. The minimum absolute atomic E-state index is 0.0149. The second-order valence-electron chi connectivity index (χ2n) is 5.63. The first-order valence-electron chi connectivity index (χ1n) is 8.04. The van der Waals surface area contributed by atoms with Crippen LogP contribution in [0.5, 0.6) is 0 Å². The molecule has 118 valence electrons. The van der Waals surface area contributed by atoms with E-state index < -0.39 is 0 Å². The first kappa shape index (κ1) is 16.7. The van der Waals surface area contributed by atoms with E-state index in [-0.39, 0.29) is 6.10 Å². The first-order valence-corrected chi connectivity index (χ1v) is 8.83. The maximum absolute atomic E-state index is 5.78. The zero-order valence-electron chi connectivity index (χ0n) is 13.3. The molecule has 1 aromatic rings. The fourth-order valence-corrected chi connectivity index (χ4v) is 3.70. The van der Waals surface area contributed by atoms with Gasteiger partial charge in [-0.25, -0.2) is 9.97 Å². The average Bonchev–Trinajstić information content (AvgIpc) is 2.52. The van der Waals surface area contributed by atoms with Gasteiger partial charge in [-0.1, -0.05) is 26.2 Å². The van der Waals surface area contributed by atoms with Crippen LogP contribution in [0.25, 0.3) is 0 Å². The van der Waals surface area contributed by atoms with E-state index in [1.807, 2.05) is 0 Å². The summed E-state index contributed by atoms with van der Waals surface area (Å²) in [5.41, 5.74) is 1.05. The van der Waals surface area contributed by atoms with Gasteiger partial charge in [0.05, 0.1) is 10.2 Å². The second kappa shape index (κ2) is 8.08. The van der Waals surface area contributed by atoms with Crippen molar-refractivity contribution in [2.24, 2.45) is 5.92 Å². The van der Waals surface area contributed by atoms with E-state index in [4.69, 9.17) is 14.7 Å². The minimum atomic E-state index is 0.0149. The summed E-state index contributed by atoms with van der Waals surface area (Å²) in [6.07, 6.45) is 7.27. The predicted octanol–water partition coefficient (Wildman–Crippen LogP) is 4.50. The van der Waals surface area contributed by atoms with Gasteiger partial charge in [0.25, 0.3) is 0 Å². The van der Waals surface area contributed by atoms with Crippen molar-refractivity contribution in [3.8, 4) is 0 Å². The van der Waals surface area contributed by atoms with Gasteiger partial charge >= 0.3 is 0 Å². The summed E-state index contributed by atoms with van der Waals surface area (Å²) in [7, 11) is 1.78. The molecule has 0 bridgehead atoms. The summed E-state index contributed by atoms with van der Waals surface area (Å²) in [5.74, 6) is 2.27. The second-order valence-corrected chi connectivity index (χ2v) is 6.42. The first-order chi connectivity index (χ1) is 10.2. The Kier molecular flexibility index (Phi) is 6.42. The molecule has 0 saturated heterocycles. The topological polar surface area (TPSA) is 47.0 Å². The van der Waals surface area contributed by atoms with Crippen molar-refractivity contribution in [2.75, 3.05) is 19.0 Å². The molecule has 1 aliphatic carbocycles. The van der Waals surface area contributed by atoms with Crippen LogP contribution in [-0.4, -0.2) is 23.6 Å². The molecule has 0 aromatic carbocycles. The van der Waals surface area contributed by atoms with Crippen LogP contribution in [0.3, 0.4) is 0 Å². The van der Waals surface area contributed by atoms with Crippen molar-refractivity contribution in [3.63, 3.8) is 0 Å². The maximum Gasteiger partial charge on any atom is 0.160 e. The van der Waals surface area contributed by atoms with Crippen LogP contribution in [0.1, 0.15) is 63.6 Å². The summed E-state index contributed by atoms with van der Waals surface area (Å²) < 4.78 is 6.76. The zero-order valence-corrected chi connectivity index (χ0v) is 14.9. The number of rotatable bonds is 6. The molecule has 1 saturated carbocycles. The number of hydrogen-bond acceptors (Lipinski definition) is 4. The largest absolute Gasteiger partial charge is 0.373 e. The molecule has 1 atom stereocenters. The molecule has 0 spiro atoms. The monoisotopic (exact) mass is 355 g/mol. The van der Waals surface area contributed by atoms with Crippen LogP contribution in [0.4, 0.5) is 5.82 Å². The normalized spacial score (nSPS) is 17.7. The highest BCUT2D eigenvalue weighted by molar-refractivity contribution is 9.10. The summed E-state index contributed by atoms with van der Waals surface area (Å²) >= 11 is 3.62. The van der Waals surface area contributed by atoms with Crippen LogP contribution in [0, 0.1) is 5.92 Å². The Balaban J connectivity index is 2.33. The van der Waals surface area contributed by atoms with Crippen molar-refractivity contribution in [3.05, 3.63) is 16.0 Å². The lowest BCUT2D eigenvalue weighted by Crippen LogP contribution is -2.21. The van der Waals surface area contributed by atoms with Gasteiger partial charge in [-0.3, -0.25) is 0 Å². The third-order valence-corrected chi connectivity index (χ3v) is 5.04. The Morgan fingerprint density at radius 3 is 2.52 bits per heavy atom. The van der Waals surface area contributed by atoms with E-state index in [2.05, 4.69) is 35.1 Å². The van der Waals surface area contributed by atoms with Crippen molar-refractivity contribution in [2.45, 2.75) is 58.5 Å². The number of anilines is 1. The molecule has 5 heteroatoms. The highest BCUT2D eigenvalue weighted by Crippen LogP contribution is 2.36. The molecular weight excluding hydrogens is 330 g/mol. The van der Waals surface area contributed by atoms with E-state index in [9.17, 15) is 0 Å². The lowest BCUT2D eigenvalue weighted by molar-refractivity contribution is 0.0288. The van der Waals surface area contributed by atoms with Crippen molar-refractivity contribution < 1.29 is 4.74 Å². The summed E-state index contributed by atoms with van der Waals surface area (Å²) in [6, 6.07) is 0. The average molecular weight is 356 g/mol. The van der Waals surface area contributed by atoms with E-state index in [0.29, 0.717) is 5.92 Å². The van der Waals surface area contributed by atoms with Gasteiger partial charge in [-0.05, 0) is 48.0 Å². The minimum Gasteiger partial charge on any atom is -0.373 e. The standard InChI is InChI=1S/C16H26BrN3O/c1-4-12-13(17)15(18-5-2)20-16(19-12)14(21-3)11-9-7-6-8-10-11/h11,14H,4-10H2,1-3H3,(H,18,19,20). The fourth-order valence-electron chi connectivity index (χ4n) is 3.10. The van der Waals surface area contributed by atoms with E-state index in [1.54, 1.807) is 7.11 Å². The van der Waals surface area contributed by atoms with Crippen molar-refractivity contribution >= 4 is 21.7 Å². The van der Waals surface area contributed by atoms with E-state index in [1.165, 1.54) is 32.1 Å². The van der Waals surface area contributed by atoms with Gasteiger partial charge in [-0.15, -0.1) is 0 Å². The fraction of sp³-hybridized carbons (Fsp3) is 0.750. The molecule has 0 aliphatic heterocycles. The third-order valence-electron chi connectivity index (χ3n) is 4.20. The molecule has 1 unspecified atom stereocenters. The molecule has 2 rings (SSSR count). The molecule has 1 aliphatic rings. The number of nitrogens with zero attached hydrogens (tertiary/aromatic N) is 2. The highest BCUT2D eigenvalue weighted by Gasteiger charge is 2.28. The van der Waals surface area contributed by atoms with Gasteiger partial charge in [-0.2, -0.15) is 0 Å². The molecule has 1 N–H and O–H groups in total.